The van der Waals surface area contributed by atoms with Crippen molar-refractivity contribution in [2.45, 2.75) is 12.8 Å². The Morgan fingerprint density at radius 1 is 1.12 bits per heavy atom. The van der Waals surface area contributed by atoms with Crippen LogP contribution in [-0.4, -0.2) is 24.4 Å². The van der Waals surface area contributed by atoms with Gasteiger partial charge < -0.3 is 14.6 Å². The van der Waals surface area contributed by atoms with Gasteiger partial charge in [0.1, 0.15) is 5.75 Å². The molecular formula is C16H16ClN2O5-. The Bertz CT molecular complexity index is 662. The first-order valence-corrected chi connectivity index (χ1v) is 7.68. The second-order valence-corrected chi connectivity index (χ2v) is 5.64. The number of benzene rings is 1. The molecule has 0 bridgehead atoms. The number of carbonyl (C=O) groups is 3. The van der Waals surface area contributed by atoms with Gasteiger partial charge in [0.05, 0.1) is 10.9 Å². The molecule has 2 rings (SSSR count). The molecule has 24 heavy (non-hydrogen) atoms. The summed E-state index contributed by atoms with van der Waals surface area (Å²) in [7, 11) is 0. The molecule has 0 fully saturated rings. The molecule has 2 N–H and O–H groups in total. The number of hydrogen-bond acceptors (Lipinski definition) is 5. The number of amides is 2. The molecule has 1 aromatic rings. The smallest absolute Gasteiger partial charge is 0.276 e. The predicted molar refractivity (Wildman–Crippen MR) is 83.6 cm³/mol. The van der Waals surface area contributed by atoms with Crippen molar-refractivity contribution in [1.82, 2.24) is 10.9 Å². The van der Waals surface area contributed by atoms with Gasteiger partial charge in [-0.3, -0.25) is 20.4 Å². The zero-order valence-corrected chi connectivity index (χ0v) is 13.4. The Morgan fingerprint density at radius 3 is 2.46 bits per heavy atom. The topological polar surface area (TPSA) is 108 Å². The van der Waals surface area contributed by atoms with Crippen molar-refractivity contribution in [3.8, 4) is 5.75 Å². The summed E-state index contributed by atoms with van der Waals surface area (Å²) in [4.78, 5) is 34.8. The van der Waals surface area contributed by atoms with Crippen molar-refractivity contribution in [3.63, 3.8) is 0 Å². The number of nitrogens with one attached hydrogen (secondary N) is 2. The van der Waals surface area contributed by atoms with Crippen molar-refractivity contribution in [3.05, 3.63) is 41.4 Å². The van der Waals surface area contributed by atoms with Crippen LogP contribution in [0.3, 0.4) is 0 Å². The zero-order chi connectivity index (χ0) is 17.5. The molecule has 1 aliphatic rings. The standard InChI is InChI=1S/C16H17ClN2O5/c17-12-7-3-4-8-13(12)24-9-14(20)18-19-15(21)10-5-1-2-6-11(10)16(22)23/h1-4,7-8,10-11H,5-6,9H2,(H,18,20)(H,19,21)(H,22,23)/p-1/t10-,11+/m0/s1. The molecular weight excluding hydrogens is 336 g/mol. The lowest BCUT2D eigenvalue weighted by atomic mass is 9.82. The number of hydrogen-bond donors (Lipinski definition) is 2. The van der Waals surface area contributed by atoms with Crippen LogP contribution in [-0.2, 0) is 14.4 Å². The number of ether oxygens (including phenoxy) is 1. The van der Waals surface area contributed by atoms with E-state index in [0.29, 0.717) is 10.8 Å². The molecule has 0 radical (unpaired) electrons. The molecule has 2 amide bonds. The number of carboxylic acids is 1. The lowest BCUT2D eigenvalue weighted by Crippen LogP contribution is -2.50. The summed E-state index contributed by atoms with van der Waals surface area (Å²) in [5.41, 5.74) is 4.40. The molecule has 0 spiro atoms. The molecule has 0 unspecified atom stereocenters. The van der Waals surface area contributed by atoms with Crippen molar-refractivity contribution < 1.29 is 24.2 Å². The monoisotopic (exact) mass is 351 g/mol. The Labute approximate surface area is 143 Å². The quantitative estimate of drug-likeness (QED) is 0.582. The van der Waals surface area contributed by atoms with Crippen LogP contribution in [0.25, 0.3) is 0 Å². The van der Waals surface area contributed by atoms with Crippen LogP contribution in [0.15, 0.2) is 36.4 Å². The lowest BCUT2D eigenvalue weighted by molar-refractivity contribution is -0.313. The van der Waals surface area contributed by atoms with Gasteiger partial charge in [-0.05, 0) is 25.0 Å². The average molecular weight is 352 g/mol. The second-order valence-electron chi connectivity index (χ2n) is 5.23. The van der Waals surface area contributed by atoms with Crippen LogP contribution >= 0.6 is 11.6 Å². The fourth-order valence-electron chi connectivity index (χ4n) is 2.33. The molecule has 7 nitrogen and oxygen atoms in total. The van der Waals surface area contributed by atoms with Gasteiger partial charge in [0.25, 0.3) is 5.91 Å². The van der Waals surface area contributed by atoms with Crippen molar-refractivity contribution >= 4 is 29.4 Å². The fourth-order valence-corrected chi connectivity index (χ4v) is 2.52. The molecule has 0 saturated carbocycles. The number of halogens is 1. The zero-order valence-electron chi connectivity index (χ0n) is 12.7. The highest BCUT2D eigenvalue weighted by Gasteiger charge is 2.29. The molecule has 8 heteroatoms. The molecule has 128 valence electrons. The minimum Gasteiger partial charge on any atom is -0.550 e. The van der Waals surface area contributed by atoms with E-state index in [4.69, 9.17) is 16.3 Å². The van der Waals surface area contributed by atoms with E-state index in [1.807, 2.05) is 0 Å². The molecule has 0 aromatic heterocycles. The van der Waals surface area contributed by atoms with E-state index in [0.717, 1.165) is 0 Å². The second kappa shape index (κ2) is 8.35. The summed E-state index contributed by atoms with van der Waals surface area (Å²) in [6, 6.07) is 6.65. The van der Waals surface area contributed by atoms with Crippen LogP contribution in [0.4, 0.5) is 0 Å². The Balaban J connectivity index is 1.80. The van der Waals surface area contributed by atoms with Crippen LogP contribution in [0.2, 0.25) is 5.02 Å². The van der Waals surface area contributed by atoms with Gasteiger partial charge in [-0.2, -0.15) is 0 Å². The maximum Gasteiger partial charge on any atom is 0.276 e. The number of carboxylic acid groups (broad SMARTS) is 1. The van der Waals surface area contributed by atoms with Crippen molar-refractivity contribution in [2.75, 3.05) is 6.61 Å². The average Bonchev–Trinajstić information content (AvgIpc) is 2.59. The third kappa shape index (κ3) is 4.73. The minimum atomic E-state index is -1.28. The number of aliphatic carboxylic acids is 1. The van der Waals surface area contributed by atoms with Crippen LogP contribution in [0.1, 0.15) is 12.8 Å². The fraction of sp³-hybridized carbons (Fsp3) is 0.312. The number of carbonyl (C=O) groups excluding carboxylic acids is 3. The summed E-state index contributed by atoms with van der Waals surface area (Å²) < 4.78 is 5.23. The molecule has 2 atom stereocenters. The Kier molecular flexibility index (Phi) is 6.20. The van der Waals surface area contributed by atoms with E-state index in [1.165, 1.54) is 0 Å². The number of para-hydroxylation sites is 1. The van der Waals surface area contributed by atoms with Gasteiger partial charge in [0.15, 0.2) is 6.61 Å². The van der Waals surface area contributed by atoms with Gasteiger partial charge in [-0.1, -0.05) is 35.9 Å². The summed E-state index contributed by atoms with van der Waals surface area (Å²) in [6.45, 7) is -0.349. The van der Waals surface area contributed by atoms with Gasteiger partial charge in [0, 0.05) is 11.9 Å². The largest absolute Gasteiger partial charge is 0.550 e. The van der Waals surface area contributed by atoms with Crippen LogP contribution in [0, 0.1) is 11.8 Å². The van der Waals surface area contributed by atoms with Crippen LogP contribution < -0.4 is 20.7 Å². The summed E-state index contributed by atoms with van der Waals surface area (Å²) in [5, 5.41) is 11.4. The third-order valence-corrected chi connectivity index (χ3v) is 3.90. The molecule has 1 aliphatic carbocycles. The van der Waals surface area contributed by atoms with E-state index in [2.05, 4.69) is 10.9 Å². The highest BCUT2D eigenvalue weighted by molar-refractivity contribution is 6.32. The van der Waals surface area contributed by atoms with Crippen LogP contribution in [0.5, 0.6) is 5.75 Å². The van der Waals surface area contributed by atoms with Gasteiger partial charge in [-0.25, -0.2) is 0 Å². The van der Waals surface area contributed by atoms with Gasteiger partial charge in [0.2, 0.25) is 5.91 Å². The van der Waals surface area contributed by atoms with E-state index in [9.17, 15) is 19.5 Å². The first-order chi connectivity index (χ1) is 11.5. The molecule has 0 saturated heterocycles. The maximum absolute atomic E-state index is 12.0. The molecule has 0 aliphatic heterocycles. The number of rotatable bonds is 5. The van der Waals surface area contributed by atoms with Gasteiger partial charge in [-0.15, -0.1) is 0 Å². The van der Waals surface area contributed by atoms with E-state index >= 15 is 0 Å². The summed E-state index contributed by atoms with van der Waals surface area (Å²) >= 11 is 5.89. The predicted octanol–water partition coefficient (Wildman–Crippen LogP) is 0.198. The first kappa shape index (κ1) is 17.8. The first-order valence-electron chi connectivity index (χ1n) is 7.31. The van der Waals surface area contributed by atoms with Crippen molar-refractivity contribution in [1.29, 1.82) is 0 Å². The number of hydrazine groups is 1. The third-order valence-electron chi connectivity index (χ3n) is 3.59. The summed E-state index contributed by atoms with van der Waals surface area (Å²) in [6.07, 6.45) is 3.92. The SMILES string of the molecule is O=C(COc1ccccc1Cl)NNC(=O)[C@H]1CC=CC[C@H]1C(=O)[O-]. The maximum atomic E-state index is 12.0. The Hall–Kier alpha value is -2.54. The lowest BCUT2D eigenvalue weighted by Gasteiger charge is -2.28. The van der Waals surface area contributed by atoms with E-state index < -0.39 is 29.6 Å². The van der Waals surface area contributed by atoms with Crippen molar-refractivity contribution in [2.24, 2.45) is 11.8 Å². The summed E-state index contributed by atoms with van der Waals surface area (Å²) in [5.74, 6) is -3.82. The van der Waals surface area contributed by atoms with Gasteiger partial charge >= 0.3 is 0 Å². The van der Waals surface area contributed by atoms with E-state index in [-0.39, 0.29) is 19.4 Å². The highest BCUT2D eigenvalue weighted by Crippen LogP contribution is 2.25. The molecule has 0 heterocycles. The van der Waals surface area contributed by atoms with E-state index in [1.54, 1.807) is 36.4 Å². The highest BCUT2D eigenvalue weighted by atomic mass is 35.5. The number of allylic oxidation sites excluding steroid dienone is 2. The normalized spacial score (nSPS) is 19.4. The minimum absolute atomic E-state index is 0.226. The molecule has 1 aromatic carbocycles. The Morgan fingerprint density at radius 2 is 1.79 bits per heavy atom.